The van der Waals surface area contributed by atoms with Crippen molar-refractivity contribution in [2.24, 2.45) is 4.99 Å². The van der Waals surface area contributed by atoms with Crippen molar-refractivity contribution in [2.45, 2.75) is 13.5 Å². The lowest BCUT2D eigenvalue weighted by molar-refractivity contribution is 0.313. The minimum absolute atomic E-state index is 0.671. The van der Waals surface area contributed by atoms with Gasteiger partial charge in [-0.15, -0.1) is 0 Å². The second kappa shape index (κ2) is 8.47. The van der Waals surface area contributed by atoms with Gasteiger partial charge >= 0.3 is 0 Å². The highest BCUT2D eigenvalue weighted by atomic mass is 15.3. The zero-order chi connectivity index (χ0) is 21.2. The summed E-state index contributed by atoms with van der Waals surface area (Å²) in [5, 5.41) is 0. The van der Waals surface area contributed by atoms with Gasteiger partial charge in [-0.2, -0.15) is 0 Å². The summed E-state index contributed by atoms with van der Waals surface area (Å²) in [4.78, 5) is 20.8. The molecule has 158 valence electrons. The van der Waals surface area contributed by atoms with E-state index >= 15 is 0 Å². The highest BCUT2D eigenvalue weighted by Gasteiger charge is 2.19. The topological polar surface area (TPSA) is 47.9 Å². The van der Waals surface area contributed by atoms with Crippen LogP contribution in [0.2, 0.25) is 0 Å². The summed E-state index contributed by atoms with van der Waals surface area (Å²) >= 11 is 0. The third-order valence-corrected chi connectivity index (χ3v) is 6.10. The first-order valence-corrected chi connectivity index (χ1v) is 10.9. The van der Waals surface area contributed by atoms with E-state index in [0.717, 1.165) is 49.7 Å². The van der Waals surface area contributed by atoms with Gasteiger partial charge in [-0.05, 0) is 55.9 Å². The average molecular weight is 413 g/mol. The van der Waals surface area contributed by atoms with E-state index in [9.17, 15) is 0 Å². The van der Waals surface area contributed by atoms with Crippen LogP contribution in [0.15, 0.2) is 59.9 Å². The normalized spacial score (nSPS) is 16.5. The van der Waals surface area contributed by atoms with Gasteiger partial charge in [0.2, 0.25) is 0 Å². The molecule has 0 atom stereocenters. The minimum atomic E-state index is 0.671. The predicted octanol–water partition coefficient (Wildman–Crippen LogP) is 3.60. The van der Waals surface area contributed by atoms with Crippen LogP contribution in [-0.4, -0.2) is 61.0 Å². The molecule has 2 aliphatic heterocycles. The van der Waals surface area contributed by atoms with E-state index < -0.39 is 0 Å². The van der Waals surface area contributed by atoms with Crippen LogP contribution in [-0.2, 0) is 6.54 Å². The Morgan fingerprint density at radius 2 is 1.81 bits per heavy atom. The number of piperazine rings is 1. The first-order chi connectivity index (χ1) is 15.2. The Bertz CT molecular complexity index is 1080. The van der Waals surface area contributed by atoms with Crippen LogP contribution in [0.25, 0.3) is 11.3 Å². The molecule has 2 aliphatic rings. The van der Waals surface area contributed by atoms with E-state index in [2.05, 4.69) is 68.1 Å². The maximum Gasteiger partial charge on any atom is 0.110 e. The van der Waals surface area contributed by atoms with Crippen molar-refractivity contribution >= 4 is 17.6 Å². The molecule has 0 aliphatic carbocycles. The van der Waals surface area contributed by atoms with Gasteiger partial charge in [0.1, 0.15) is 6.67 Å². The molecule has 0 amide bonds. The molecule has 6 heteroatoms. The van der Waals surface area contributed by atoms with E-state index in [1.54, 1.807) is 0 Å². The zero-order valence-corrected chi connectivity index (χ0v) is 18.2. The smallest absolute Gasteiger partial charge is 0.110 e. The number of likely N-dealkylation sites (N-methyl/N-ethyl adjacent to an activating group) is 1. The van der Waals surface area contributed by atoms with Gasteiger partial charge in [0, 0.05) is 79.5 Å². The molecule has 1 aromatic carbocycles. The fourth-order valence-electron chi connectivity index (χ4n) is 4.24. The Kier molecular flexibility index (Phi) is 5.38. The molecule has 0 spiro atoms. The molecule has 0 N–H and O–H groups in total. The molecule has 0 bridgehead atoms. The number of hydrogen-bond donors (Lipinski definition) is 0. The molecule has 0 radical (unpaired) electrons. The standard InChI is InChI=1S/C25H28N6/c1-19-13-21(7-8-27-19)24-6-3-20(15-28-24)17-31-18-26-16-22-4-5-23(14-25(22)31)30-11-9-29(2)10-12-30/h3-8,13-16H,9-12,17-18H2,1-2H3. The average Bonchev–Trinajstić information content (AvgIpc) is 2.80. The SMILES string of the molecule is Cc1cc(-c2ccc(CN3CN=Cc4ccc(N5CCN(C)CC5)cc43)cn2)ccn1. The van der Waals surface area contributed by atoms with E-state index in [0.29, 0.717) is 6.67 Å². The van der Waals surface area contributed by atoms with Gasteiger partial charge in [-0.1, -0.05) is 6.07 Å². The fraction of sp³-hybridized carbons (Fsp3) is 0.320. The number of fused-ring (bicyclic) bond motifs is 1. The third kappa shape index (κ3) is 4.30. The molecule has 2 aromatic heterocycles. The largest absolute Gasteiger partial charge is 0.369 e. The van der Waals surface area contributed by atoms with Gasteiger partial charge in [-0.25, -0.2) is 0 Å². The first-order valence-electron chi connectivity index (χ1n) is 10.9. The van der Waals surface area contributed by atoms with Crippen LogP contribution < -0.4 is 9.80 Å². The number of hydrogen-bond acceptors (Lipinski definition) is 6. The van der Waals surface area contributed by atoms with Crippen LogP contribution in [0.5, 0.6) is 0 Å². The molecule has 31 heavy (non-hydrogen) atoms. The number of rotatable bonds is 4. The Labute approximate surface area is 183 Å². The summed E-state index contributed by atoms with van der Waals surface area (Å²) in [5.41, 5.74) is 7.99. The number of anilines is 2. The third-order valence-electron chi connectivity index (χ3n) is 6.10. The number of nitrogens with zero attached hydrogens (tertiary/aromatic N) is 6. The number of benzene rings is 1. The summed E-state index contributed by atoms with van der Waals surface area (Å²) < 4.78 is 0. The predicted molar refractivity (Wildman–Crippen MR) is 127 cm³/mol. The lowest BCUT2D eigenvalue weighted by Crippen LogP contribution is -2.44. The van der Waals surface area contributed by atoms with Gasteiger partial charge < -0.3 is 14.7 Å². The maximum atomic E-state index is 4.70. The highest BCUT2D eigenvalue weighted by Crippen LogP contribution is 2.30. The molecule has 6 nitrogen and oxygen atoms in total. The summed E-state index contributed by atoms with van der Waals surface area (Å²) in [6.07, 6.45) is 5.81. The molecule has 1 fully saturated rings. The molecular formula is C25H28N6. The molecule has 5 rings (SSSR count). The Hall–Kier alpha value is -3.25. The number of aliphatic imine (C=N–C) groups is 1. The van der Waals surface area contributed by atoms with Crippen LogP contribution in [0, 0.1) is 6.92 Å². The van der Waals surface area contributed by atoms with Gasteiger partial charge in [0.15, 0.2) is 0 Å². The van der Waals surface area contributed by atoms with Crippen LogP contribution in [0.3, 0.4) is 0 Å². The summed E-state index contributed by atoms with van der Waals surface area (Å²) in [6.45, 7) is 7.83. The number of aryl methyl sites for hydroxylation is 1. The van der Waals surface area contributed by atoms with Gasteiger partial charge in [-0.3, -0.25) is 15.0 Å². The zero-order valence-electron chi connectivity index (χ0n) is 18.2. The van der Waals surface area contributed by atoms with Crippen LogP contribution in [0.1, 0.15) is 16.8 Å². The Morgan fingerprint density at radius 3 is 2.58 bits per heavy atom. The van der Waals surface area contributed by atoms with E-state index in [1.807, 2.05) is 31.6 Å². The Morgan fingerprint density at radius 1 is 0.935 bits per heavy atom. The Balaban J connectivity index is 1.35. The first kappa shape index (κ1) is 19.7. The molecule has 3 aromatic rings. The number of aromatic nitrogens is 2. The second-order valence-corrected chi connectivity index (χ2v) is 8.42. The molecule has 1 saturated heterocycles. The van der Waals surface area contributed by atoms with E-state index in [4.69, 9.17) is 4.98 Å². The lowest BCUT2D eigenvalue weighted by atomic mass is 10.1. The lowest BCUT2D eigenvalue weighted by Gasteiger charge is -2.35. The van der Waals surface area contributed by atoms with Crippen molar-refractivity contribution in [3.63, 3.8) is 0 Å². The van der Waals surface area contributed by atoms with Crippen molar-refractivity contribution in [3.8, 4) is 11.3 Å². The van der Waals surface area contributed by atoms with Gasteiger partial charge in [0.05, 0.1) is 5.69 Å². The second-order valence-electron chi connectivity index (χ2n) is 8.42. The van der Waals surface area contributed by atoms with E-state index in [1.165, 1.54) is 22.5 Å². The minimum Gasteiger partial charge on any atom is -0.369 e. The molecular weight excluding hydrogens is 384 g/mol. The van der Waals surface area contributed by atoms with Crippen molar-refractivity contribution < 1.29 is 0 Å². The molecule has 0 unspecified atom stereocenters. The summed E-state index contributed by atoms with van der Waals surface area (Å²) in [6, 6.07) is 15.1. The van der Waals surface area contributed by atoms with E-state index in [-0.39, 0.29) is 0 Å². The molecule has 4 heterocycles. The summed E-state index contributed by atoms with van der Waals surface area (Å²) in [7, 11) is 2.19. The monoisotopic (exact) mass is 412 g/mol. The van der Waals surface area contributed by atoms with Crippen LogP contribution >= 0.6 is 0 Å². The van der Waals surface area contributed by atoms with Crippen molar-refractivity contribution in [1.29, 1.82) is 0 Å². The van der Waals surface area contributed by atoms with Crippen molar-refractivity contribution in [2.75, 3.05) is 49.7 Å². The van der Waals surface area contributed by atoms with Gasteiger partial charge in [0.25, 0.3) is 0 Å². The van der Waals surface area contributed by atoms with Crippen molar-refractivity contribution in [1.82, 2.24) is 14.9 Å². The summed E-state index contributed by atoms with van der Waals surface area (Å²) in [5.74, 6) is 0. The maximum absolute atomic E-state index is 4.70. The van der Waals surface area contributed by atoms with Crippen LogP contribution in [0.4, 0.5) is 11.4 Å². The number of pyridine rings is 2. The fourth-order valence-corrected chi connectivity index (χ4v) is 4.24. The quantitative estimate of drug-likeness (QED) is 0.655. The highest BCUT2D eigenvalue weighted by molar-refractivity contribution is 5.91. The van der Waals surface area contributed by atoms with Crippen molar-refractivity contribution in [3.05, 3.63) is 71.7 Å². The molecule has 0 saturated carbocycles.